The highest BCUT2D eigenvalue weighted by Gasteiger charge is 2.30. The topological polar surface area (TPSA) is 138 Å². The molecule has 4 rings (SSSR count). The van der Waals surface area contributed by atoms with Gasteiger partial charge in [0.15, 0.2) is 0 Å². The number of anilines is 1. The van der Waals surface area contributed by atoms with Crippen molar-refractivity contribution >= 4 is 35.2 Å². The first-order valence-electron chi connectivity index (χ1n) is 17.0. The van der Waals surface area contributed by atoms with Gasteiger partial charge in [-0.1, -0.05) is 36.4 Å². The fraction of sp³-hybridized carbons (Fsp3) is 0.410. The van der Waals surface area contributed by atoms with Crippen molar-refractivity contribution in [3.63, 3.8) is 0 Å². The summed E-state index contributed by atoms with van der Waals surface area (Å²) in [7, 11) is 3.23. The standard InChI is InChI=1S/C39H48FN5O5/c1-24(41-5)27-14-17-31(18-15-27)44-37(48)34(45-36(47)28-12-10-25(11-13-28)23-43-38(49)50-39(2,3)4)21-26-8-7-9-29(20-26)32-22-30(35(46)42-6)16-19-33(32)40/h7-9,14-20,22,25,28,34H,10-13,21,23H2,1-6H3,(H,42,46)(H,43,49)(H,44,48)(H,45,47)/t25?,28?,34-/m0/s1. The van der Waals surface area contributed by atoms with Gasteiger partial charge in [-0.15, -0.1) is 0 Å². The zero-order chi connectivity index (χ0) is 36.4. The van der Waals surface area contributed by atoms with Crippen molar-refractivity contribution in [3.05, 3.63) is 89.2 Å². The molecule has 266 valence electrons. The first-order chi connectivity index (χ1) is 23.8. The predicted molar refractivity (Wildman–Crippen MR) is 194 cm³/mol. The van der Waals surface area contributed by atoms with E-state index in [0.29, 0.717) is 41.8 Å². The van der Waals surface area contributed by atoms with Crippen LogP contribution in [-0.4, -0.2) is 61.8 Å². The minimum atomic E-state index is -0.926. The Morgan fingerprint density at radius 3 is 2.26 bits per heavy atom. The molecule has 0 aliphatic heterocycles. The molecule has 1 aliphatic rings. The highest BCUT2D eigenvalue weighted by molar-refractivity contribution is 6.00. The number of carbonyl (C=O) groups is 4. The van der Waals surface area contributed by atoms with Gasteiger partial charge in [0.2, 0.25) is 11.8 Å². The van der Waals surface area contributed by atoms with Crippen LogP contribution in [0.25, 0.3) is 11.1 Å². The van der Waals surface area contributed by atoms with Gasteiger partial charge in [-0.2, -0.15) is 0 Å². The van der Waals surface area contributed by atoms with Crippen LogP contribution in [0.5, 0.6) is 0 Å². The second-order valence-electron chi connectivity index (χ2n) is 13.7. The summed E-state index contributed by atoms with van der Waals surface area (Å²) >= 11 is 0. The molecule has 1 fully saturated rings. The SMILES string of the molecule is CN=C(C)c1ccc(NC(=O)[C@H](Cc2cccc(-c3cc(C(=O)NC)ccc3F)c2)NC(=O)C2CCC(CNC(=O)OC(C)(C)C)CC2)cc1. The minimum absolute atomic E-state index is 0.150. The molecule has 0 bridgehead atoms. The number of halogens is 1. The first kappa shape index (κ1) is 37.8. The zero-order valence-corrected chi connectivity index (χ0v) is 29.7. The summed E-state index contributed by atoms with van der Waals surface area (Å²) in [6.07, 6.45) is 2.44. The summed E-state index contributed by atoms with van der Waals surface area (Å²) in [4.78, 5) is 55.9. The molecule has 0 spiro atoms. The Hall–Kier alpha value is -5.06. The summed E-state index contributed by atoms with van der Waals surface area (Å²) in [6, 6.07) is 17.6. The fourth-order valence-corrected chi connectivity index (χ4v) is 5.96. The lowest BCUT2D eigenvalue weighted by Gasteiger charge is -2.29. The van der Waals surface area contributed by atoms with E-state index in [2.05, 4.69) is 26.3 Å². The zero-order valence-electron chi connectivity index (χ0n) is 29.7. The van der Waals surface area contributed by atoms with Crippen LogP contribution in [0.2, 0.25) is 0 Å². The van der Waals surface area contributed by atoms with Gasteiger partial charge < -0.3 is 26.0 Å². The second kappa shape index (κ2) is 17.0. The molecule has 50 heavy (non-hydrogen) atoms. The van der Waals surface area contributed by atoms with Gasteiger partial charge >= 0.3 is 6.09 Å². The molecule has 0 unspecified atom stereocenters. The Morgan fingerprint density at radius 2 is 1.62 bits per heavy atom. The van der Waals surface area contributed by atoms with E-state index in [1.54, 1.807) is 37.4 Å². The van der Waals surface area contributed by atoms with Crippen molar-refractivity contribution < 1.29 is 28.3 Å². The van der Waals surface area contributed by atoms with Crippen LogP contribution in [0.4, 0.5) is 14.9 Å². The van der Waals surface area contributed by atoms with Crippen LogP contribution in [0, 0.1) is 17.7 Å². The number of nitrogens with zero attached hydrogens (tertiary/aromatic N) is 1. The molecule has 1 saturated carbocycles. The van der Waals surface area contributed by atoms with Crippen LogP contribution >= 0.6 is 0 Å². The molecular formula is C39H48FN5O5. The van der Waals surface area contributed by atoms with E-state index in [9.17, 15) is 23.6 Å². The largest absolute Gasteiger partial charge is 0.444 e. The summed E-state index contributed by atoms with van der Waals surface area (Å²) in [5.74, 6) is -1.48. The van der Waals surface area contributed by atoms with Crippen LogP contribution < -0.4 is 21.3 Å². The molecule has 11 heteroatoms. The number of ether oxygens (including phenoxy) is 1. The average Bonchev–Trinajstić information content (AvgIpc) is 3.09. The van der Waals surface area contributed by atoms with Crippen LogP contribution in [-0.2, 0) is 20.7 Å². The molecule has 0 heterocycles. The molecule has 0 radical (unpaired) electrons. The number of benzene rings is 3. The molecule has 3 aromatic rings. The lowest BCUT2D eigenvalue weighted by Crippen LogP contribution is -2.48. The molecule has 4 amide bonds. The van der Waals surface area contributed by atoms with Gasteiger partial charge in [0.05, 0.1) is 0 Å². The number of nitrogens with one attached hydrogen (secondary N) is 4. The van der Waals surface area contributed by atoms with Crippen molar-refractivity contribution in [3.8, 4) is 11.1 Å². The second-order valence-corrected chi connectivity index (χ2v) is 13.7. The molecule has 4 N–H and O–H groups in total. The molecule has 1 atom stereocenters. The van der Waals surface area contributed by atoms with Crippen molar-refractivity contribution in [1.29, 1.82) is 0 Å². The van der Waals surface area contributed by atoms with Gasteiger partial charge in [0.1, 0.15) is 17.5 Å². The maximum absolute atomic E-state index is 15.0. The van der Waals surface area contributed by atoms with Gasteiger partial charge in [0, 0.05) is 55.5 Å². The quantitative estimate of drug-likeness (QED) is 0.176. The van der Waals surface area contributed by atoms with Crippen molar-refractivity contribution in [2.24, 2.45) is 16.8 Å². The molecule has 1 aliphatic carbocycles. The normalized spacial score (nSPS) is 16.9. The highest BCUT2D eigenvalue weighted by Crippen LogP contribution is 2.29. The van der Waals surface area contributed by atoms with Crippen LogP contribution in [0.15, 0.2) is 71.7 Å². The van der Waals surface area contributed by atoms with E-state index in [-0.39, 0.29) is 41.5 Å². The Bertz CT molecular complexity index is 1710. The van der Waals surface area contributed by atoms with Crippen LogP contribution in [0.1, 0.15) is 74.9 Å². The van der Waals surface area contributed by atoms with Crippen molar-refractivity contribution in [1.82, 2.24) is 16.0 Å². The lowest BCUT2D eigenvalue weighted by molar-refractivity contribution is -0.130. The maximum Gasteiger partial charge on any atom is 0.407 e. The third-order valence-electron chi connectivity index (χ3n) is 8.82. The fourth-order valence-electron chi connectivity index (χ4n) is 5.96. The van der Waals surface area contributed by atoms with E-state index in [4.69, 9.17) is 4.74 Å². The highest BCUT2D eigenvalue weighted by atomic mass is 19.1. The van der Waals surface area contributed by atoms with Gasteiger partial charge in [0.25, 0.3) is 5.91 Å². The monoisotopic (exact) mass is 685 g/mol. The van der Waals surface area contributed by atoms with Gasteiger partial charge in [-0.3, -0.25) is 19.4 Å². The maximum atomic E-state index is 15.0. The average molecular weight is 686 g/mol. The predicted octanol–water partition coefficient (Wildman–Crippen LogP) is 6.29. The van der Waals surface area contributed by atoms with E-state index in [1.807, 2.05) is 45.9 Å². The molecule has 3 aromatic carbocycles. The van der Waals surface area contributed by atoms with Gasteiger partial charge in [-0.25, -0.2) is 9.18 Å². The third kappa shape index (κ3) is 10.7. The number of hydrogen-bond donors (Lipinski definition) is 4. The number of hydrogen-bond acceptors (Lipinski definition) is 6. The van der Waals surface area contributed by atoms with E-state index in [0.717, 1.165) is 24.1 Å². The van der Waals surface area contributed by atoms with Crippen LogP contribution in [0.3, 0.4) is 0 Å². The number of rotatable bonds is 11. The summed E-state index contributed by atoms with van der Waals surface area (Å²) in [5, 5.41) is 11.3. The van der Waals surface area contributed by atoms with E-state index >= 15 is 0 Å². The Balaban J connectivity index is 1.49. The smallest absolute Gasteiger partial charge is 0.407 e. The number of aliphatic imine (C=N–C) groups is 1. The lowest BCUT2D eigenvalue weighted by atomic mass is 9.81. The Labute approximate surface area is 293 Å². The summed E-state index contributed by atoms with van der Waals surface area (Å²) in [6.45, 7) is 7.81. The summed E-state index contributed by atoms with van der Waals surface area (Å²) < 4.78 is 20.3. The Kier molecular flexibility index (Phi) is 12.9. The molecule has 0 aromatic heterocycles. The van der Waals surface area contributed by atoms with Crippen molar-refractivity contribution in [2.75, 3.05) is 26.0 Å². The number of carbonyl (C=O) groups excluding carboxylic acids is 4. The molecule has 10 nitrogen and oxygen atoms in total. The van der Waals surface area contributed by atoms with E-state index in [1.165, 1.54) is 25.2 Å². The third-order valence-corrected chi connectivity index (χ3v) is 8.82. The first-order valence-corrected chi connectivity index (χ1v) is 17.0. The summed E-state index contributed by atoms with van der Waals surface area (Å²) in [5.41, 5.74) is 3.60. The number of alkyl carbamates (subject to hydrolysis) is 1. The Morgan fingerprint density at radius 1 is 0.940 bits per heavy atom. The molecular weight excluding hydrogens is 637 g/mol. The van der Waals surface area contributed by atoms with Crippen molar-refractivity contribution in [2.45, 2.75) is 71.4 Å². The number of amides is 4. The minimum Gasteiger partial charge on any atom is -0.444 e. The van der Waals surface area contributed by atoms with E-state index < -0.39 is 23.6 Å². The van der Waals surface area contributed by atoms with Gasteiger partial charge in [-0.05, 0) is 106 Å². The molecule has 0 saturated heterocycles.